The summed E-state index contributed by atoms with van der Waals surface area (Å²) in [5.74, 6) is 0.627. The lowest BCUT2D eigenvalue weighted by atomic mass is 10.1. The lowest BCUT2D eigenvalue weighted by Gasteiger charge is -2.33. The third-order valence-corrected chi connectivity index (χ3v) is 3.90. The van der Waals surface area contributed by atoms with Gasteiger partial charge in [-0.15, -0.1) is 0 Å². The monoisotopic (exact) mass is 330 g/mol. The number of nitrogen functional groups attached to an aromatic ring is 1. The quantitative estimate of drug-likeness (QED) is 0.925. The molecule has 7 heteroatoms. The molecule has 1 aliphatic heterocycles. The molecule has 0 unspecified atom stereocenters. The molecule has 1 aliphatic rings. The minimum atomic E-state index is -0.320. The summed E-state index contributed by atoms with van der Waals surface area (Å²) in [7, 11) is 0. The van der Waals surface area contributed by atoms with Gasteiger partial charge in [0.05, 0.1) is 25.3 Å². The molecule has 3 rings (SSSR count). The van der Waals surface area contributed by atoms with Crippen molar-refractivity contribution in [2.45, 2.75) is 19.4 Å². The third kappa shape index (κ3) is 3.86. The molecule has 2 heterocycles. The summed E-state index contributed by atoms with van der Waals surface area (Å²) < 4.78 is 18.7. The topological polar surface area (TPSA) is 81.3 Å². The summed E-state index contributed by atoms with van der Waals surface area (Å²) in [6.45, 7) is 3.13. The molecule has 0 radical (unpaired) electrons. The van der Waals surface area contributed by atoms with Crippen molar-refractivity contribution in [3.63, 3.8) is 0 Å². The molecule has 1 saturated heterocycles. The molecule has 1 fully saturated rings. The fourth-order valence-electron chi connectivity index (χ4n) is 2.72. The fourth-order valence-corrected chi connectivity index (χ4v) is 2.72. The van der Waals surface area contributed by atoms with E-state index in [1.165, 1.54) is 12.1 Å². The maximum atomic E-state index is 12.9. The van der Waals surface area contributed by atoms with Crippen LogP contribution in [0.25, 0.3) is 0 Å². The molecule has 126 valence electrons. The van der Waals surface area contributed by atoms with Crippen molar-refractivity contribution >= 4 is 11.7 Å². The van der Waals surface area contributed by atoms with Crippen LogP contribution in [0.2, 0.25) is 0 Å². The summed E-state index contributed by atoms with van der Waals surface area (Å²) >= 11 is 0. The predicted molar refractivity (Wildman–Crippen MR) is 86.6 cm³/mol. The van der Waals surface area contributed by atoms with E-state index in [2.05, 4.69) is 9.97 Å². The molecule has 2 aromatic rings. The van der Waals surface area contributed by atoms with Gasteiger partial charge < -0.3 is 15.4 Å². The minimum absolute atomic E-state index is 0.0198. The normalized spacial score (nSPS) is 17.8. The summed E-state index contributed by atoms with van der Waals surface area (Å²) in [6, 6.07) is 7.64. The number of halogens is 1. The molecule has 1 aromatic heterocycles. The van der Waals surface area contributed by atoms with Crippen molar-refractivity contribution in [2.75, 3.05) is 25.4 Å². The summed E-state index contributed by atoms with van der Waals surface area (Å²) in [4.78, 5) is 22.6. The van der Waals surface area contributed by atoms with Crippen LogP contribution in [-0.4, -0.2) is 40.5 Å². The zero-order valence-electron chi connectivity index (χ0n) is 13.4. The Bertz CT molecular complexity index is 716. The zero-order valence-corrected chi connectivity index (χ0v) is 13.4. The SMILES string of the molecule is Cc1nc(N)cc([C@H]2CN(C(=O)Cc3ccc(F)cc3)CCO2)n1. The first-order valence-electron chi connectivity index (χ1n) is 7.76. The number of nitrogens with two attached hydrogens (primary N) is 1. The van der Waals surface area contributed by atoms with E-state index in [0.29, 0.717) is 37.0 Å². The van der Waals surface area contributed by atoms with Crippen LogP contribution in [0.15, 0.2) is 30.3 Å². The first-order chi connectivity index (χ1) is 11.5. The lowest BCUT2D eigenvalue weighted by Crippen LogP contribution is -2.43. The molecule has 6 nitrogen and oxygen atoms in total. The van der Waals surface area contributed by atoms with Gasteiger partial charge in [0, 0.05) is 12.6 Å². The van der Waals surface area contributed by atoms with Gasteiger partial charge >= 0.3 is 0 Å². The van der Waals surface area contributed by atoms with Crippen LogP contribution in [0.4, 0.5) is 10.2 Å². The Kier molecular flexibility index (Phi) is 4.71. The summed E-state index contributed by atoms with van der Waals surface area (Å²) in [5, 5.41) is 0. The van der Waals surface area contributed by atoms with Gasteiger partial charge in [0.1, 0.15) is 23.6 Å². The Morgan fingerprint density at radius 3 is 2.83 bits per heavy atom. The van der Waals surface area contributed by atoms with Crippen LogP contribution >= 0.6 is 0 Å². The zero-order chi connectivity index (χ0) is 17.1. The molecule has 0 saturated carbocycles. The van der Waals surface area contributed by atoms with Crippen molar-refractivity contribution in [3.05, 3.63) is 53.2 Å². The molecule has 0 bridgehead atoms. The van der Waals surface area contributed by atoms with Crippen molar-refractivity contribution in [2.24, 2.45) is 0 Å². The van der Waals surface area contributed by atoms with Gasteiger partial charge in [0.25, 0.3) is 0 Å². The van der Waals surface area contributed by atoms with E-state index in [-0.39, 0.29) is 24.2 Å². The minimum Gasteiger partial charge on any atom is -0.384 e. The van der Waals surface area contributed by atoms with E-state index < -0.39 is 0 Å². The number of benzene rings is 1. The van der Waals surface area contributed by atoms with Gasteiger partial charge in [0.15, 0.2) is 0 Å². The highest BCUT2D eigenvalue weighted by Crippen LogP contribution is 2.22. The van der Waals surface area contributed by atoms with Crippen LogP contribution in [0.3, 0.4) is 0 Å². The van der Waals surface area contributed by atoms with E-state index in [9.17, 15) is 9.18 Å². The molecular weight excluding hydrogens is 311 g/mol. The second-order valence-electron chi connectivity index (χ2n) is 5.77. The maximum absolute atomic E-state index is 12.9. The van der Waals surface area contributed by atoms with Crippen LogP contribution in [0.5, 0.6) is 0 Å². The highest BCUT2D eigenvalue weighted by atomic mass is 19.1. The van der Waals surface area contributed by atoms with Gasteiger partial charge in [-0.25, -0.2) is 14.4 Å². The van der Waals surface area contributed by atoms with Gasteiger partial charge in [0.2, 0.25) is 5.91 Å². The van der Waals surface area contributed by atoms with E-state index in [1.54, 1.807) is 30.0 Å². The average Bonchev–Trinajstić information content (AvgIpc) is 2.56. The van der Waals surface area contributed by atoms with Crippen molar-refractivity contribution in [1.29, 1.82) is 0 Å². The van der Waals surface area contributed by atoms with E-state index in [0.717, 1.165) is 5.56 Å². The maximum Gasteiger partial charge on any atom is 0.227 e. The number of hydrogen-bond donors (Lipinski definition) is 1. The molecule has 1 aromatic carbocycles. The Morgan fingerprint density at radius 2 is 2.12 bits per heavy atom. The Hall–Kier alpha value is -2.54. The van der Waals surface area contributed by atoms with Gasteiger partial charge in [-0.05, 0) is 24.6 Å². The van der Waals surface area contributed by atoms with Crippen molar-refractivity contribution < 1.29 is 13.9 Å². The van der Waals surface area contributed by atoms with Crippen LogP contribution in [0.1, 0.15) is 23.2 Å². The summed E-state index contributed by atoms with van der Waals surface area (Å²) in [6.07, 6.45) is -0.0855. The number of hydrogen-bond acceptors (Lipinski definition) is 5. The Balaban J connectivity index is 1.68. The van der Waals surface area contributed by atoms with Crippen LogP contribution in [0, 0.1) is 12.7 Å². The number of ether oxygens (including phenoxy) is 1. The second-order valence-corrected chi connectivity index (χ2v) is 5.77. The lowest BCUT2D eigenvalue weighted by molar-refractivity contribution is -0.138. The number of nitrogens with zero attached hydrogens (tertiary/aromatic N) is 3. The average molecular weight is 330 g/mol. The Morgan fingerprint density at radius 1 is 1.38 bits per heavy atom. The predicted octanol–water partition coefficient (Wildman–Crippen LogP) is 1.65. The van der Waals surface area contributed by atoms with Crippen LogP contribution in [-0.2, 0) is 16.0 Å². The summed E-state index contributed by atoms with van der Waals surface area (Å²) in [5.41, 5.74) is 7.22. The van der Waals surface area contributed by atoms with Crippen molar-refractivity contribution in [3.8, 4) is 0 Å². The Labute approximate surface area is 139 Å². The second kappa shape index (κ2) is 6.92. The first-order valence-corrected chi connectivity index (χ1v) is 7.76. The molecular formula is C17H19FN4O2. The number of amides is 1. The number of aromatic nitrogens is 2. The van der Waals surface area contributed by atoms with E-state index >= 15 is 0 Å². The third-order valence-electron chi connectivity index (χ3n) is 3.90. The molecule has 0 aliphatic carbocycles. The molecule has 24 heavy (non-hydrogen) atoms. The number of carbonyl (C=O) groups excluding carboxylic acids is 1. The van der Waals surface area contributed by atoms with Gasteiger partial charge in [-0.3, -0.25) is 4.79 Å². The molecule has 1 atom stereocenters. The smallest absolute Gasteiger partial charge is 0.227 e. The number of aryl methyl sites for hydroxylation is 1. The van der Waals surface area contributed by atoms with Gasteiger partial charge in [-0.2, -0.15) is 0 Å². The van der Waals surface area contributed by atoms with E-state index in [1.807, 2.05) is 0 Å². The molecule has 1 amide bonds. The molecule has 0 spiro atoms. The number of carbonyl (C=O) groups is 1. The van der Waals surface area contributed by atoms with Crippen molar-refractivity contribution in [1.82, 2.24) is 14.9 Å². The first kappa shape index (κ1) is 16.3. The number of rotatable bonds is 3. The largest absolute Gasteiger partial charge is 0.384 e. The number of morpholine rings is 1. The highest BCUT2D eigenvalue weighted by molar-refractivity contribution is 5.78. The van der Waals surface area contributed by atoms with Crippen LogP contribution < -0.4 is 5.73 Å². The number of anilines is 1. The van der Waals surface area contributed by atoms with E-state index in [4.69, 9.17) is 10.5 Å². The fraction of sp³-hybridized carbons (Fsp3) is 0.353. The molecule has 2 N–H and O–H groups in total. The standard InChI is InChI=1S/C17H19FN4O2/c1-11-20-14(9-16(19)21-11)15-10-22(6-7-24-15)17(23)8-12-2-4-13(18)5-3-12/h2-5,9,15H,6-8,10H2,1H3,(H2,19,20,21)/t15-/m1/s1. The van der Waals surface area contributed by atoms with Gasteiger partial charge in [-0.1, -0.05) is 12.1 Å². The highest BCUT2D eigenvalue weighted by Gasteiger charge is 2.26.